The monoisotopic (exact) mass is 335 g/mol. The molecule has 1 heterocycles. The molecule has 0 spiro atoms. The van der Waals surface area contributed by atoms with Crippen molar-refractivity contribution in [1.82, 2.24) is 16.2 Å². The molecule has 114 valence electrons. The summed E-state index contributed by atoms with van der Waals surface area (Å²) in [6.45, 7) is -0.176. The van der Waals surface area contributed by atoms with Gasteiger partial charge in [0, 0.05) is 0 Å². The quantitative estimate of drug-likeness (QED) is 0.582. The van der Waals surface area contributed by atoms with Crippen molar-refractivity contribution in [3.63, 3.8) is 0 Å². The van der Waals surface area contributed by atoms with Gasteiger partial charge in [0.15, 0.2) is 11.7 Å². The predicted molar refractivity (Wildman–Crippen MR) is 87.6 cm³/mol. The van der Waals surface area contributed by atoms with E-state index < -0.39 is 5.91 Å². The smallest absolute Gasteiger partial charge is 0.279 e. The zero-order chi connectivity index (χ0) is 15.8. The van der Waals surface area contributed by atoms with E-state index >= 15 is 0 Å². The third-order valence-electron chi connectivity index (χ3n) is 2.40. The summed E-state index contributed by atoms with van der Waals surface area (Å²) >= 11 is 6.20. The van der Waals surface area contributed by atoms with Crippen LogP contribution >= 0.6 is 23.6 Å². The number of hydrogen-bond acceptors (Lipinski definition) is 5. The van der Waals surface area contributed by atoms with Gasteiger partial charge in [0.25, 0.3) is 11.8 Å². The summed E-state index contributed by atoms with van der Waals surface area (Å²) < 4.78 is 5.27. The first kappa shape index (κ1) is 15.9. The molecule has 0 aliphatic carbocycles. The van der Waals surface area contributed by atoms with E-state index in [0.717, 1.165) is 0 Å². The molecule has 6 nitrogen and oxygen atoms in total. The van der Waals surface area contributed by atoms with Crippen LogP contribution in [-0.4, -0.2) is 23.5 Å². The van der Waals surface area contributed by atoms with E-state index in [1.165, 1.54) is 11.3 Å². The lowest BCUT2D eigenvalue weighted by Gasteiger charge is -2.10. The fourth-order valence-electron chi connectivity index (χ4n) is 1.44. The molecular weight excluding hydrogens is 322 g/mol. The van der Waals surface area contributed by atoms with Crippen LogP contribution in [0, 0.1) is 0 Å². The SMILES string of the molecule is O=C(COc1ccccc1)NC(=S)NNC(=O)c1cccs1. The van der Waals surface area contributed by atoms with Gasteiger partial charge >= 0.3 is 0 Å². The molecule has 8 heteroatoms. The second-order valence-electron chi connectivity index (χ2n) is 4.04. The van der Waals surface area contributed by atoms with E-state index in [-0.39, 0.29) is 17.6 Å². The highest BCUT2D eigenvalue weighted by Gasteiger charge is 2.08. The number of para-hydroxylation sites is 1. The molecule has 0 saturated heterocycles. The number of hydrogen-bond donors (Lipinski definition) is 3. The van der Waals surface area contributed by atoms with Gasteiger partial charge in [-0.25, -0.2) is 0 Å². The molecule has 0 atom stereocenters. The van der Waals surface area contributed by atoms with Crippen molar-refractivity contribution in [2.45, 2.75) is 0 Å². The summed E-state index contributed by atoms with van der Waals surface area (Å²) in [7, 11) is 0. The van der Waals surface area contributed by atoms with E-state index in [4.69, 9.17) is 17.0 Å². The van der Waals surface area contributed by atoms with Crippen LogP contribution < -0.4 is 20.9 Å². The Morgan fingerprint density at radius 1 is 1.09 bits per heavy atom. The van der Waals surface area contributed by atoms with Gasteiger partial charge in [-0.05, 0) is 35.8 Å². The third-order valence-corrected chi connectivity index (χ3v) is 3.47. The van der Waals surface area contributed by atoms with E-state index in [0.29, 0.717) is 10.6 Å². The van der Waals surface area contributed by atoms with Gasteiger partial charge in [-0.2, -0.15) is 0 Å². The molecule has 0 bridgehead atoms. The molecule has 2 amide bonds. The van der Waals surface area contributed by atoms with Gasteiger partial charge in [-0.3, -0.25) is 25.8 Å². The van der Waals surface area contributed by atoms with Gasteiger partial charge in [0.1, 0.15) is 5.75 Å². The minimum absolute atomic E-state index is 0.00781. The summed E-state index contributed by atoms with van der Waals surface area (Å²) in [6, 6.07) is 12.4. The van der Waals surface area contributed by atoms with Crippen LogP contribution in [0.15, 0.2) is 47.8 Å². The number of amides is 2. The van der Waals surface area contributed by atoms with Crippen LogP contribution in [0.4, 0.5) is 0 Å². The Balaban J connectivity index is 1.68. The number of rotatable bonds is 4. The minimum atomic E-state index is -0.424. The molecule has 0 saturated carbocycles. The standard InChI is InChI=1S/C14H13N3O3S2/c18-12(9-20-10-5-2-1-3-6-10)15-14(21)17-16-13(19)11-7-4-8-22-11/h1-8H,9H2,(H,16,19)(H2,15,17,18,21). The van der Waals surface area contributed by atoms with Gasteiger partial charge in [-0.1, -0.05) is 24.3 Å². The maximum absolute atomic E-state index is 11.6. The van der Waals surface area contributed by atoms with Crippen LogP contribution in [0.3, 0.4) is 0 Å². The second-order valence-corrected chi connectivity index (χ2v) is 5.39. The molecule has 3 N–H and O–H groups in total. The van der Waals surface area contributed by atoms with E-state index in [2.05, 4.69) is 16.2 Å². The van der Waals surface area contributed by atoms with Crippen LogP contribution in [0.25, 0.3) is 0 Å². The highest BCUT2D eigenvalue weighted by Crippen LogP contribution is 2.08. The lowest BCUT2D eigenvalue weighted by molar-refractivity contribution is -0.121. The highest BCUT2D eigenvalue weighted by molar-refractivity contribution is 7.80. The lowest BCUT2D eigenvalue weighted by atomic mass is 10.3. The molecular formula is C14H13N3O3S2. The summed E-state index contributed by atoms with van der Waals surface area (Å²) in [6.07, 6.45) is 0. The predicted octanol–water partition coefficient (Wildman–Crippen LogP) is 1.46. The first-order chi connectivity index (χ1) is 10.6. The van der Waals surface area contributed by atoms with E-state index in [1.54, 1.807) is 41.8 Å². The maximum Gasteiger partial charge on any atom is 0.279 e. The number of nitrogens with one attached hydrogen (secondary N) is 3. The van der Waals surface area contributed by atoms with Crippen molar-refractivity contribution in [2.24, 2.45) is 0 Å². The highest BCUT2D eigenvalue weighted by atomic mass is 32.1. The van der Waals surface area contributed by atoms with Crippen molar-refractivity contribution in [2.75, 3.05) is 6.61 Å². The van der Waals surface area contributed by atoms with Gasteiger partial charge in [-0.15, -0.1) is 11.3 Å². The molecule has 1 aromatic carbocycles. The van der Waals surface area contributed by atoms with Gasteiger partial charge in [0.2, 0.25) is 0 Å². The summed E-state index contributed by atoms with van der Waals surface area (Å²) in [5.74, 6) is -0.165. The molecule has 2 aromatic rings. The van der Waals surface area contributed by atoms with Gasteiger partial charge in [0.05, 0.1) is 4.88 Å². The molecule has 0 aliphatic rings. The van der Waals surface area contributed by atoms with E-state index in [9.17, 15) is 9.59 Å². The fraction of sp³-hybridized carbons (Fsp3) is 0.0714. The summed E-state index contributed by atoms with van der Waals surface area (Å²) in [5, 5.41) is 4.18. The number of carbonyl (C=O) groups excluding carboxylic acids is 2. The average Bonchev–Trinajstić information content (AvgIpc) is 3.06. The third kappa shape index (κ3) is 5.15. The molecule has 22 heavy (non-hydrogen) atoms. The Bertz CT molecular complexity index is 645. The van der Waals surface area contributed by atoms with Crippen molar-refractivity contribution in [1.29, 1.82) is 0 Å². The Morgan fingerprint density at radius 3 is 2.55 bits per heavy atom. The summed E-state index contributed by atoms with van der Waals surface area (Å²) in [4.78, 5) is 23.8. The molecule has 2 rings (SSSR count). The Labute approximate surface area is 136 Å². The molecule has 0 fully saturated rings. The number of hydrazine groups is 1. The number of thiocarbonyl (C=S) groups is 1. The molecule has 1 aromatic heterocycles. The first-order valence-electron chi connectivity index (χ1n) is 6.26. The van der Waals surface area contributed by atoms with Crippen molar-refractivity contribution >= 4 is 40.5 Å². The Hall–Kier alpha value is -2.45. The zero-order valence-electron chi connectivity index (χ0n) is 11.4. The van der Waals surface area contributed by atoms with Gasteiger partial charge < -0.3 is 4.74 Å². The average molecular weight is 335 g/mol. The van der Waals surface area contributed by atoms with Crippen LogP contribution in [0.5, 0.6) is 5.75 Å². The van der Waals surface area contributed by atoms with Crippen molar-refractivity contribution in [3.05, 3.63) is 52.7 Å². The zero-order valence-corrected chi connectivity index (χ0v) is 13.0. The minimum Gasteiger partial charge on any atom is -0.484 e. The Morgan fingerprint density at radius 2 is 1.86 bits per heavy atom. The number of thiophene rings is 1. The number of benzene rings is 1. The lowest BCUT2D eigenvalue weighted by Crippen LogP contribution is -2.49. The molecule has 0 unspecified atom stereocenters. The molecule has 0 radical (unpaired) electrons. The first-order valence-corrected chi connectivity index (χ1v) is 7.55. The van der Waals surface area contributed by atoms with Crippen molar-refractivity contribution in [3.8, 4) is 5.75 Å². The largest absolute Gasteiger partial charge is 0.484 e. The molecule has 0 aliphatic heterocycles. The topological polar surface area (TPSA) is 79.5 Å². The fourth-order valence-corrected chi connectivity index (χ4v) is 2.23. The normalized spacial score (nSPS) is 9.64. The summed E-state index contributed by atoms with van der Waals surface area (Å²) in [5.41, 5.74) is 4.84. The second kappa shape index (κ2) is 8.11. The number of ether oxygens (including phenoxy) is 1. The van der Waals surface area contributed by atoms with Crippen LogP contribution in [0.1, 0.15) is 9.67 Å². The van der Waals surface area contributed by atoms with Crippen LogP contribution in [0.2, 0.25) is 0 Å². The Kier molecular flexibility index (Phi) is 5.87. The van der Waals surface area contributed by atoms with Crippen LogP contribution in [-0.2, 0) is 4.79 Å². The van der Waals surface area contributed by atoms with Crippen molar-refractivity contribution < 1.29 is 14.3 Å². The maximum atomic E-state index is 11.6. The number of carbonyl (C=O) groups is 2. The van der Waals surface area contributed by atoms with E-state index in [1.807, 2.05) is 6.07 Å².